The molecule has 128 valence electrons. The summed E-state index contributed by atoms with van der Waals surface area (Å²) >= 11 is 6.54. The number of ether oxygens (including phenoxy) is 2. The molecule has 1 aliphatic heterocycles. The first-order valence-electron chi connectivity index (χ1n) is 7.63. The molecule has 1 aromatic carbocycles. The van der Waals surface area contributed by atoms with Gasteiger partial charge in [-0.05, 0) is 29.7 Å². The van der Waals surface area contributed by atoms with E-state index < -0.39 is 0 Å². The van der Waals surface area contributed by atoms with Crippen LogP contribution in [0.5, 0.6) is 11.5 Å². The van der Waals surface area contributed by atoms with E-state index in [1.165, 1.54) is 16.7 Å². The van der Waals surface area contributed by atoms with Crippen LogP contribution in [0.3, 0.4) is 0 Å². The lowest BCUT2D eigenvalue weighted by molar-refractivity contribution is -0.121. The van der Waals surface area contributed by atoms with E-state index in [2.05, 4.69) is 20.4 Å². The molecule has 1 saturated heterocycles. The van der Waals surface area contributed by atoms with Crippen molar-refractivity contribution in [2.45, 2.75) is 13.8 Å². The molecule has 1 fully saturated rings. The van der Waals surface area contributed by atoms with Crippen molar-refractivity contribution in [2.75, 3.05) is 20.3 Å². The van der Waals surface area contributed by atoms with Crippen LogP contribution in [0.4, 0.5) is 0 Å². The average molecular weight is 364 g/mol. The van der Waals surface area contributed by atoms with Gasteiger partial charge in [0.15, 0.2) is 11.5 Å². The van der Waals surface area contributed by atoms with E-state index in [-0.39, 0.29) is 5.91 Å². The van der Waals surface area contributed by atoms with Crippen molar-refractivity contribution in [3.63, 3.8) is 0 Å². The Labute approximate surface area is 152 Å². The normalized spacial score (nSPS) is 16.2. The molecule has 1 heterocycles. The molecule has 24 heavy (non-hydrogen) atoms. The van der Waals surface area contributed by atoms with Crippen LogP contribution in [0.2, 0.25) is 0 Å². The van der Waals surface area contributed by atoms with Crippen LogP contribution >= 0.6 is 24.0 Å². The Morgan fingerprint density at radius 3 is 2.75 bits per heavy atom. The standard InChI is InChI=1S/C18H21NO3S2/c1-5-8-19-17(20)16(24-18(19)23)10-13-6-7-14(15(9-13)21-4)22-11-12(2)3/h5-7,9-10,12H,1,8,11H2,2-4H3/b16-10-. The topological polar surface area (TPSA) is 38.8 Å². The number of carbonyl (C=O) groups excluding carboxylic acids is 1. The van der Waals surface area contributed by atoms with Crippen LogP contribution in [-0.2, 0) is 4.79 Å². The van der Waals surface area contributed by atoms with Gasteiger partial charge < -0.3 is 9.47 Å². The molecule has 4 nitrogen and oxygen atoms in total. The Hall–Kier alpha value is -1.79. The highest BCUT2D eigenvalue weighted by molar-refractivity contribution is 8.26. The van der Waals surface area contributed by atoms with Crippen molar-refractivity contribution >= 4 is 40.3 Å². The first kappa shape index (κ1) is 18.5. The number of rotatable bonds is 7. The Kier molecular flexibility index (Phi) is 6.45. The molecule has 1 aliphatic rings. The number of nitrogens with zero attached hydrogens (tertiary/aromatic N) is 1. The number of thiocarbonyl (C=S) groups is 1. The van der Waals surface area contributed by atoms with E-state index in [0.717, 1.165) is 5.56 Å². The lowest BCUT2D eigenvalue weighted by Crippen LogP contribution is -2.27. The Bertz CT molecular complexity index is 683. The molecule has 0 unspecified atom stereocenters. The molecule has 6 heteroatoms. The van der Waals surface area contributed by atoms with E-state index >= 15 is 0 Å². The van der Waals surface area contributed by atoms with E-state index in [4.69, 9.17) is 21.7 Å². The van der Waals surface area contributed by atoms with Gasteiger partial charge in [0.1, 0.15) is 4.32 Å². The zero-order valence-corrected chi connectivity index (χ0v) is 15.7. The van der Waals surface area contributed by atoms with E-state index in [9.17, 15) is 4.79 Å². The summed E-state index contributed by atoms with van der Waals surface area (Å²) in [6, 6.07) is 5.62. The van der Waals surface area contributed by atoms with Crippen LogP contribution in [0.25, 0.3) is 6.08 Å². The van der Waals surface area contributed by atoms with Crippen LogP contribution in [0.15, 0.2) is 35.8 Å². The van der Waals surface area contributed by atoms with Gasteiger partial charge in [-0.15, -0.1) is 6.58 Å². The number of carbonyl (C=O) groups is 1. The zero-order valence-electron chi connectivity index (χ0n) is 14.1. The van der Waals surface area contributed by atoms with Gasteiger partial charge in [0.2, 0.25) is 0 Å². The molecule has 1 amide bonds. The number of hydrogen-bond donors (Lipinski definition) is 0. The summed E-state index contributed by atoms with van der Waals surface area (Å²) in [4.78, 5) is 14.5. The second-order valence-electron chi connectivity index (χ2n) is 5.70. The predicted octanol–water partition coefficient (Wildman–Crippen LogP) is 4.12. The van der Waals surface area contributed by atoms with Crippen LogP contribution in [-0.4, -0.2) is 35.4 Å². The third-order valence-electron chi connectivity index (χ3n) is 3.24. The Morgan fingerprint density at radius 1 is 1.38 bits per heavy atom. The molecule has 0 bridgehead atoms. The molecular weight excluding hydrogens is 342 g/mol. The molecule has 0 radical (unpaired) electrons. The van der Waals surface area contributed by atoms with Crippen molar-refractivity contribution in [3.8, 4) is 11.5 Å². The van der Waals surface area contributed by atoms with E-state index in [1.807, 2.05) is 24.3 Å². The fraction of sp³-hybridized carbons (Fsp3) is 0.333. The smallest absolute Gasteiger partial charge is 0.266 e. The molecular formula is C18H21NO3S2. The van der Waals surface area contributed by atoms with Crippen molar-refractivity contribution < 1.29 is 14.3 Å². The summed E-state index contributed by atoms with van der Waals surface area (Å²) in [5.74, 6) is 1.68. The molecule has 0 aliphatic carbocycles. The first-order valence-corrected chi connectivity index (χ1v) is 8.85. The monoisotopic (exact) mass is 363 g/mol. The summed E-state index contributed by atoms with van der Waals surface area (Å²) in [7, 11) is 1.60. The number of methoxy groups -OCH3 is 1. The molecule has 2 rings (SSSR count). The summed E-state index contributed by atoms with van der Waals surface area (Å²) in [6.45, 7) is 8.88. The number of benzene rings is 1. The fourth-order valence-electron chi connectivity index (χ4n) is 2.09. The highest BCUT2D eigenvalue weighted by Gasteiger charge is 2.30. The third-order valence-corrected chi connectivity index (χ3v) is 4.62. The summed E-state index contributed by atoms with van der Waals surface area (Å²) < 4.78 is 11.7. The van der Waals surface area contributed by atoms with E-state index in [1.54, 1.807) is 13.2 Å². The van der Waals surface area contributed by atoms with Crippen molar-refractivity contribution in [1.29, 1.82) is 0 Å². The number of hydrogen-bond acceptors (Lipinski definition) is 5. The van der Waals surface area contributed by atoms with E-state index in [0.29, 0.717) is 39.8 Å². The minimum Gasteiger partial charge on any atom is -0.493 e. The number of thioether (sulfide) groups is 1. The summed E-state index contributed by atoms with van der Waals surface area (Å²) in [5, 5.41) is 0. The zero-order chi connectivity index (χ0) is 17.7. The highest BCUT2D eigenvalue weighted by atomic mass is 32.2. The first-order chi connectivity index (χ1) is 11.5. The maximum Gasteiger partial charge on any atom is 0.266 e. The second-order valence-corrected chi connectivity index (χ2v) is 7.37. The predicted molar refractivity (Wildman–Crippen MR) is 103 cm³/mol. The van der Waals surface area contributed by atoms with Gasteiger partial charge >= 0.3 is 0 Å². The van der Waals surface area contributed by atoms with Gasteiger partial charge in [0.25, 0.3) is 5.91 Å². The van der Waals surface area contributed by atoms with Crippen LogP contribution < -0.4 is 9.47 Å². The maximum atomic E-state index is 12.4. The average Bonchev–Trinajstić information content (AvgIpc) is 2.81. The quantitative estimate of drug-likeness (QED) is 0.414. The largest absolute Gasteiger partial charge is 0.493 e. The summed E-state index contributed by atoms with van der Waals surface area (Å²) in [6.07, 6.45) is 3.48. The van der Waals surface area contributed by atoms with Crippen molar-refractivity contribution in [2.24, 2.45) is 5.92 Å². The Balaban J connectivity index is 2.22. The van der Waals surface area contributed by atoms with Gasteiger partial charge in [-0.3, -0.25) is 9.69 Å². The lowest BCUT2D eigenvalue weighted by atomic mass is 10.1. The molecule has 0 atom stereocenters. The van der Waals surface area contributed by atoms with Gasteiger partial charge in [-0.25, -0.2) is 0 Å². The highest BCUT2D eigenvalue weighted by Crippen LogP contribution is 2.34. The molecule has 1 aromatic rings. The minimum absolute atomic E-state index is 0.0935. The third kappa shape index (κ3) is 4.39. The fourth-order valence-corrected chi connectivity index (χ4v) is 3.36. The van der Waals surface area contributed by atoms with Crippen LogP contribution in [0, 0.1) is 5.92 Å². The summed E-state index contributed by atoms with van der Waals surface area (Å²) in [5.41, 5.74) is 0.864. The van der Waals surface area contributed by atoms with Crippen LogP contribution in [0.1, 0.15) is 19.4 Å². The van der Waals surface area contributed by atoms with Gasteiger partial charge in [-0.2, -0.15) is 0 Å². The van der Waals surface area contributed by atoms with Gasteiger partial charge in [-0.1, -0.05) is 50.0 Å². The molecule has 0 N–H and O–H groups in total. The molecule has 0 saturated carbocycles. The lowest BCUT2D eigenvalue weighted by Gasteiger charge is -2.13. The molecule has 0 aromatic heterocycles. The minimum atomic E-state index is -0.0935. The maximum absolute atomic E-state index is 12.4. The molecule has 0 spiro atoms. The second kappa shape index (κ2) is 8.35. The van der Waals surface area contributed by atoms with Gasteiger partial charge in [0.05, 0.1) is 18.6 Å². The SMILES string of the molecule is C=CCN1C(=O)/C(=C/c2ccc(OCC(C)C)c(OC)c2)SC1=S. The number of amides is 1. The Morgan fingerprint density at radius 2 is 2.12 bits per heavy atom. The van der Waals surface area contributed by atoms with Crippen molar-refractivity contribution in [3.05, 3.63) is 41.3 Å². The van der Waals surface area contributed by atoms with Gasteiger partial charge in [0, 0.05) is 6.54 Å². The van der Waals surface area contributed by atoms with Crippen molar-refractivity contribution in [1.82, 2.24) is 4.90 Å².